The maximum Gasteiger partial charge on any atom is 0.207 e. The summed E-state index contributed by atoms with van der Waals surface area (Å²) in [5.74, 6) is 0. The van der Waals surface area contributed by atoms with E-state index in [4.69, 9.17) is 11.6 Å². The second-order valence-electron chi connectivity index (χ2n) is 5.02. The van der Waals surface area contributed by atoms with Gasteiger partial charge in [0.05, 0.1) is 6.54 Å². The lowest BCUT2D eigenvalue weighted by Crippen LogP contribution is -2.54. The fourth-order valence-corrected chi connectivity index (χ4v) is 3.83. The Balaban J connectivity index is 1.66. The van der Waals surface area contributed by atoms with Crippen molar-refractivity contribution >= 4 is 22.9 Å². The van der Waals surface area contributed by atoms with Crippen molar-refractivity contribution in [3.63, 3.8) is 0 Å². The number of hydrogen-bond acceptors (Lipinski definition) is 5. The van der Waals surface area contributed by atoms with Gasteiger partial charge in [0.2, 0.25) is 4.47 Å². The van der Waals surface area contributed by atoms with E-state index in [1.165, 1.54) is 43.8 Å². The molecule has 0 radical (unpaired) electrons. The number of piperazine rings is 1. The number of aromatic nitrogens is 2. The lowest BCUT2D eigenvalue weighted by atomic mass is 10.1. The van der Waals surface area contributed by atoms with Crippen LogP contribution in [0.3, 0.4) is 0 Å². The number of fused-ring (bicyclic) bond motifs is 1. The molecule has 2 saturated heterocycles. The maximum absolute atomic E-state index is 5.82. The van der Waals surface area contributed by atoms with E-state index in [0.717, 1.165) is 17.6 Å². The second-order valence-corrected chi connectivity index (χ2v) is 6.66. The van der Waals surface area contributed by atoms with Gasteiger partial charge in [-0.3, -0.25) is 9.80 Å². The van der Waals surface area contributed by atoms with E-state index < -0.39 is 0 Å². The monoisotopic (exact) mass is 272 g/mol. The molecule has 2 atom stereocenters. The average molecular weight is 273 g/mol. The van der Waals surface area contributed by atoms with E-state index in [-0.39, 0.29) is 0 Å². The molecule has 1 aromatic rings. The molecule has 6 heteroatoms. The van der Waals surface area contributed by atoms with Crippen molar-refractivity contribution in [3.05, 3.63) is 9.47 Å². The predicted molar refractivity (Wildman–Crippen MR) is 69.4 cm³/mol. The Bertz CT molecular complexity index is 397. The molecular formula is C11H17ClN4S. The van der Waals surface area contributed by atoms with Gasteiger partial charge in [0, 0.05) is 25.2 Å². The summed E-state index contributed by atoms with van der Waals surface area (Å²) in [5, 5.41) is 9.02. The summed E-state index contributed by atoms with van der Waals surface area (Å²) in [6.07, 6.45) is 2.70. The molecule has 17 heavy (non-hydrogen) atoms. The molecule has 0 spiro atoms. The number of hydrogen-bond donors (Lipinski definition) is 0. The van der Waals surface area contributed by atoms with Crippen LogP contribution in [0.25, 0.3) is 0 Å². The zero-order valence-corrected chi connectivity index (χ0v) is 11.5. The van der Waals surface area contributed by atoms with Gasteiger partial charge in [-0.25, -0.2) is 0 Å². The second kappa shape index (κ2) is 4.80. The Labute approximate surface area is 111 Å². The first-order chi connectivity index (χ1) is 8.22. The number of halogens is 1. The van der Waals surface area contributed by atoms with E-state index in [9.17, 15) is 0 Å². The third-order valence-corrected chi connectivity index (χ3v) is 4.85. The molecule has 0 bridgehead atoms. The summed E-state index contributed by atoms with van der Waals surface area (Å²) in [6, 6.07) is 1.36. The fourth-order valence-electron chi connectivity index (χ4n) is 2.94. The van der Waals surface area contributed by atoms with Crippen molar-refractivity contribution in [1.29, 1.82) is 0 Å². The number of nitrogens with zero attached hydrogens (tertiary/aromatic N) is 4. The van der Waals surface area contributed by atoms with Crippen LogP contribution in [0.2, 0.25) is 4.47 Å². The van der Waals surface area contributed by atoms with E-state index in [0.29, 0.717) is 10.5 Å². The van der Waals surface area contributed by atoms with Crippen molar-refractivity contribution in [2.75, 3.05) is 19.6 Å². The quantitative estimate of drug-likeness (QED) is 0.823. The molecule has 0 amide bonds. The van der Waals surface area contributed by atoms with Gasteiger partial charge in [-0.05, 0) is 37.9 Å². The summed E-state index contributed by atoms with van der Waals surface area (Å²) in [6.45, 7) is 6.84. The highest BCUT2D eigenvalue weighted by molar-refractivity contribution is 7.15. The molecule has 3 heterocycles. The van der Waals surface area contributed by atoms with E-state index in [2.05, 4.69) is 26.9 Å². The molecule has 3 rings (SSSR count). The molecule has 4 nitrogen and oxygen atoms in total. The van der Waals surface area contributed by atoms with Crippen LogP contribution in [-0.2, 0) is 6.54 Å². The summed E-state index contributed by atoms with van der Waals surface area (Å²) in [7, 11) is 0. The van der Waals surface area contributed by atoms with Gasteiger partial charge in [0.1, 0.15) is 5.01 Å². The van der Waals surface area contributed by atoms with Gasteiger partial charge in [0.25, 0.3) is 0 Å². The molecule has 2 fully saturated rings. The van der Waals surface area contributed by atoms with E-state index in [1.54, 1.807) is 0 Å². The highest BCUT2D eigenvalue weighted by Gasteiger charge is 2.34. The topological polar surface area (TPSA) is 32.3 Å². The van der Waals surface area contributed by atoms with Crippen LogP contribution in [0.15, 0.2) is 0 Å². The van der Waals surface area contributed by atoms with Crippen LogP contribution in [0.1, 0.15) is 24.8 Å². The Morgan fingerprint density at radius 3 is 3.06 bits per heavy atom. The third kappa shape index (κ3) is 2.47. The van der Waals surface area contributed by atoms with Crippen molar-refractivity contribution in [2.24, 2.45) is 0 Å². The maximum atomic E-state index is 5.82. The summed E-state index contributed by atoms with van der Waals surface area (Å²) >= 11 is 7.32. The normalized spacial score (nSPS) is 30.7. The van der Waals surface area contributed by atoms with Crippen LogP contribution >= 0.6 is 22.9 Å². The lowest BCUT2D eigenvalue weighted by molar-refractivity contribution is 0.0538. The van der Waals surface area contributed by atoms with Crippen LogP contribution < -0.4 is 0 Å². The van der Waals surface area contributed by atoms with Crippen molar-refractivity contribution in [2.45, 2.75) is 38.4 Å². The van der Waals surface area contributed by atoms with Crippen LogP contribution in [0.5, 0.6) is 0 Å². The standard InChI is InChI=1S/C11H17ClN4S/c1-8-5-15-4-2-3-9(15)6-16(8)7-10-13-14-11(12)17-10/h8-9H,2-7H2,1H3. The number of rotatable bonds is 2. The molecule has 0 N–H and O–H groups in total. The van der Waals surface area contributed by atoms with Gasteiger partial charge in [-0.1, -0.05) is 11.3 Å². The molecule has 2 unspecified atom stereocenters. The molecule has 0 aliphatic carbocycles. The summed E-state index contributed by atoms with van der Waals surface area (Å²) < 4.78 is 0.548. The summed E-state index contributed by atoms with van der Waals surface area (Å²) in [4.78, 5) is 5.15. The first kappa shape index (κ1) is 11.8. The van der Waals surface area contributed by atoms with Crippen LogP contribution in [-0.4, -0.2) is 51.7 Å². The Morgan fingerprint density at radius 2 is 2.29 bits per heavy atom. The molecular weight excluding hydrogens is 256 g/mol. The van der Waals surface area contributed by atoms with Gasteiger partial charge < -0.3 is 0 Å². The predicted octanol–water partition coefficient (Wildman–Crippen LogP) is 1.86. The minimum Gasteiger partial charge on any atom is -0.298 e. The first-order valence-electron chi connectivity index (χ1n) is 6.18. The van der Waals surface area contributed by atoms with E-state index >= 15 is 0 Å². The summed E-state index contributed by atoms with van der Waals surface area (Å²) in [5.41, 5.74) is 0. The Kier molecular flexibility index (Phi) is 3.34. The minimum absolute atomic E-state index is 0.548. The van der Waals surface area contributed by atoms with Gasteiger partial charge >= 0.3 is 0 Å². The largest absolute Gasteiger partial charge is 0.298 e. The molecule has 94 valence electrons. The molecule has 2 aliphatic rings. The smallest absolute Gasteiger partial charge is 0.207 e. The molecule has 0 saturated carbocycles. The van der Waals surface area contributed by atoms with Gasteiger partial charge in [0.15, 0.2) is 0 Å². The SMILES string of the molecule is CC1CN2CCCC2CN1Cc1nnc(Cl)s1. The van der Waals surface area contributed by atoms with Crippen molar-refractivity contribution < 1.29 is 0 Å². The van der Waals surface area contributed by atoms with Crippen LogP contribution in [0, 0.1) is 0 Å². The van der Waals surface area contributed by atoms with Crippen molar-refractivity contribution in [3.8, 4) is 0 Å². The fraction of sp³-hybridized carbons (Fsp3) is 0.818. The molecule has 0 aromatic carbocycles. The minimum atomic E-state index is 0.548. The highest BCUT2D eigenvalue weighted by Crippen LogP contribution is 2.26. The van der Waals surface area contributed by atoms with Crippen LogP contribution in [0.4, 0.5) is 0 Å². The molecule has 2 aliphatic heterocycles. The molecule has 1 aromatic heterocycles. The highest BCUT2D eigenvalue weighted by atomic mass is 35.5. The average Bonchev–Trinajstić information content (AvgIpc) is 2.88. The zero-order chi connectivity index (χ0) is 11.8. The Morgan fingerprint density at radius 1 is 1.41 bits per heavy atom. The Hall–Kier alpha value is -0.230. The van der Waals surface area contributed by atoms with Crippen molar-refractivity contribution in [1.82, 2.24) is 20.0 Å². The lowest BCUT2D eigenvalue weighted by Gasteiger charge is -2.41. The first-order valence-corrected chi connectivity index (χ1v) is 7.38. The zero-order valence-electron chi connectivity index (χ0n) is 9.97. The van der Waals surface area contributed by atoms with Gasteiger partial charge in [-0.15, -0.1) is 10.2 Å². The third-order valence-electron chi connectivity index (χ3n) is 3.85. The van der Waals surface area contributed by atoms with Gasteiger partial charge in [-0.2, -0.15) is 0 Å². The van der Waals surface area contributed by atoms with E-state index in [1.807, 2.05) is 0 Å².